The van der Waals surface area contributed by atoms with Crippen molar-refractivity contribution in [3.8, 4) is 0 Å². The predicted molar refractivity (Wildman–Crippen MR) is 80.2 cm³/mol. The van der Waals surface area contributed by atoms with Crippen LogP contribution in [0.1, 0.15) is 40.0 Å². The molecule has 1 saturated carbocycles. The van der Waals surface area contributed by atoms with Crippen molar-refractivity contribution >= 4 is 8.32 Å². The van der Waals surface area contributed by atoms with Crippen LogP contribution in [-0.2, 0) is 4.43 Å². The number of rotatable bonds is 3. The predicted octanol–water partition coefficient (Wildman–Crippen LogP) is 4.04. The van der Waals surface area contributed by atoms with Crippen LogP contribution in [0.15, 0.2) is 23.8 Å². The first-order valence-electron chi connectivity index (χ1n) is 6.81. The molecule has 1 aliphatic carbocycles. The lowest BCUT2D eigenvalue weighted by atomic mass is 9.89. The van der Waals surface area contributed by atoms with E-state index in [-0.39, 0.29) is 17.7 Å². The van der Waals surface area contributed by atoms with E-state index in [0.717, 1.165) is 19.3 Å². The van der Waals surface area contributed by atoms with E-state index in [0.29, 0.717) is 0 Å². The van der Waals surface area contributed by atoms with Gasteiger partial charge in [0.2, 0.25) is 0 Å². The number of aliphatic hydroxyl groups is 1. The Balaban J connectivity index is 2.85. The number of aliphatic hydroxyl groups excluding tert-OH is 1. The molecule has 2 nitrogen and oxygen atoms in total. The molecular weight excluding hydrogens is 240 g/mol. The average Bonchev–Trinajstić information content (AvgIpc) is 2.20. The summed E-state index contributed by atoms with van der Waals surface area (Å²) in [7, 11) is -1.76. The molecule has 0 saturated heterocycles. The van der Waals surface area contributed by atoms with Crippen molar-refractivity contribution in [1.82, 2.24) is 0 Å². The smallest absolute Gasteiger partial charge is 0.192 e. The van der Waals surface area contributed by atoms with Crippen LogP contribution < -0.4 is 0 Å². The molecule has 0 heterocycles. The molecule has 18 heavy (non-hydrogen) atoms. The van der Waals surface area contributed by atoms with E-state index in [1.807, 2.05) is 6.08 Å². The molecule has 0 bridgehead atoms. The Morgan fingerprint density at radius 2 is 2.00 bits per heavy atom. The molecule has 1 atom stereocenters. The molecule has 0 spiro atoms. The van der Waals surface area contributed by atoms with Crippen LogP contribution in [0.25, 0.3) is 0 Å². The van der Waals surface area contributed by atoms with Gasteiger partial charge in [0.25, 0.3) is 0 Å². The zero-order valence-electron chi connectivity index (χ0n) is 12.5. The van der Waals surface area contributed by atoms with Crippen LogP contribution in [0.2, 0.25) is 18.1 Å². The lowest BCUT2D eigenvalue weighted by Gasteiger charge is -2.41. The van der Waals surface area contributed by atoms with Gasteiger partial charge in [-0.1, -0.05) is 39.0 Å². The molecule has 0 aromatic rings. The SMILES string of the molecule is C=C1CCC(=CCO)C(O[Si](C)(C)C(C)(C)C)C1. The van der Waals surface area contributed by atoms with E-state index in [1.54, 1.807) is 0 Å². The van der Waals surface area contributed by atoms with Gasteiger partial charge in [-0.3, -0.25) is 0 Å². The minimum Gasteiger partial charge on any atom is -0.410 e. The van der Waals surface area contributed by atoms with Gasteiger partial charge in [-0.05, 0) is 43.0 Å². The summed E-state index contributed by atoms with van der Waals surface area (Å²) in [4.78, 5) is 0. The minimum atomic E-state index is -1.76. The maximum absolute atomic E-state index is 9.12. The lowest BCUT2D eigenvalue weighted by molar-refractivity contribution is 0.199. The van der Waals surface area contributed by atoms with E-state index < -0.39 is 8.32 Å². The Morgan fingerprint density at radius 1 is 1.39 bits per heavy atom. The van der Waals surface area contributed by atoms with E-state index in [4.69, 9.17) is 9.53 Å². The largest absolute Gasteiger partial charge is 0.410 e. The highest BCUT2D eigenvalue weighted by molar-refractivity contribution is 6.74. The van der Waals surface area contributed by atoms with E-state index in [2.05, 4.69) is 40.4 Å². The molecule has 0 radical (unpaired) electrons. The summed E-state index contributed by atoms with van der Waals surface area (Å²) in [6.45, 7) is 15.5. The van der Waals surface area contributed by atoms with Gasteiger partial charge in [-0.2, -0.15) is 0 Å². The minimum absolute atomic E-state index is 0.110. The molecule has 1 aliphatic rings. The van der Waals surface area contributed by atoms with Gasteiger partial charge in [0.1, 0.15) is 0 Å². The summed E-state index contributed by atoms with van der Waals surface area (Å²) in [5.74, 6) is 0. The highest BCUT2D eigenvalue weighted by Gasteiger charge is 2.40. The molecule has 1 rings (SSSR count). The zero-order chi connectivity index (χ0) is 14.0. The Bertz CT molecular complexity index is 337. The van der Waals surface area contributed by atoms with Crippen molar-refractivity contribution in [2.75, 3.05) is 6.61 Å². The Morgan fingerprint density at radius 3 is 2.50 bits per heavy atom. The average molecular weight is 268 g/mol. The van der Waals surface area contributed by atoms with Crippen LogP contribution in [0.4, 0.5) is 0 Å². The fourth-order valence-electron chi connectivity index (χ4n) is 1.98. The maximum atomic E-state index is 9.12. The van der Waals surface area contributed by atoms with Crippen LogP contribution in [0, 0.1) is 0 Å². The van der Waals surface area contributed by atoms with Gasteiger partial charge < -0.3 is 9.53 Å². The third-order valence-electron chi connectivity index (χ3n) is 4.25. The monoisotopic (exact) mass is 268 g/mol. The van der Waals surface area contributed by atoms with Gasteiger partial charge in [0.15, 0.2) is 8.32 Å². The molecule has 1 unspecified atom stereocenters. The van der Waals surface area contributed by atoms with Crippen molar-refractivity contribution in [2.24, 2.45) is 0 Å². The summed E-state index contributed by atoms with van der Waals surface area (Å²) in [6.07, 6.45) is 4.99. The molecule has 0 aromatic carbocycles. The molecule has 3 heteroatoms. The molecule has 104 valence electrons. The van der Waals surface area contributed by atoms with Crippen molar-refractivity contribution in [3.63, 3.8) is 0 Å². The molecule has 1 N–H and O–H groups in total. The quantitative estimate of drug-likeness (QED) is 0.618. The Hall–Kier alpha value is -0.383. The molecule has 0 aliphatic heterocycles. The molecule has 0 amide bonds. The van der Waals surface area contributed by atoms with Gasteiger partial charge in [0, 0.05) is 0 Å². The van der Waals surface area contributed by atoms with Crippen molar-refractivity contribution in [3.05, 3.63) is 23.8 Å². The second kappa shape index (κ2) is 5.72. The third-order valence-corrected chi connectivity index (χ3v) is 8.74. The molecular formula is C15H28O2Si. The standard InChI is InChI=1S/C15H28O2Si/c1-12-7-8-13(9-10-16)14(11-12)17-18(5,6)15(2,3)4/h9,14,16H,1,7-8,10-11H2,2-6H3. The van der Waals surface area contributed by atoms with Crippen molar-refractivity contribution < 1.29 is 9.53 Å². The van der Waals surface area contributed by atoms with Crippen LogP contribution in [0.5, 0.6) is 0 Å². The first-order chi connectivity index (χ1) is 8.17. The van der Waals surface area contributed by atoms with Crippen molar-refractivity contribution in [2.45, 2.75) is 64.3 Å². The maximum Gasteiger partial charge on any atom is 0.192 e. The topological polar surface area (TPSA) is 29.5 Å². The van der Waals surface area contributed by atoms with Crippen LogP contribution in [0.3, 0.4) is 0 Å². The first kappa shape index (κ1) is 15.7. The summed E-state index contributed by atoms with van der Waals surface area (Å²) >= 11 is 0. The second-order valence-electron chi connectivity index (χ2n) is 6.78. The molecule has 0 aromatic heterocycles. The second-order valence-corrected chi connectivity index (χ2v) is 11.5. The molecule has 1 fully saturated rings. The highest BCUT2D eigenvalue weighted by atomic mass is 28.4. The van der Waals surface area contributed by atoms with Crippen LogP contribution >= 0.6 is 0 Å². The van der Waals surface area contributed by atoms with Gasteiger partial charge in [-0.15, -0.1) is 0 Å². The van der Waals surface area contributed by atoms with E-state index in [9.17, 15) is 0 Å². The summed E-state index contributed by atoms with van der Waals surface area (Å²) < 4.78 is 6.48. The fourth-order valence-corrected chi connectivity index (χ4v) is 3.28. The van der Waals surface area contributed by atoms with Gasteiger partial charge in [0.05, 0.1) is 12.7 Å². The van der Waals surface area contributed by atoms with E-state index in [1.165, 1.54) is 11.1 Å². The highest BCUT2D eigenvalue weighted by Crippen LogP contribution is 2.40. The van der Waals surface area contributed by atoms with Gasteiger partial charge in [-0.25, -0.2) is 0 Å². The Kier molecular flexibility index (Phi) is 4.98. The van der Waals surface area contributed by atoms with Gasteiger partial charge >= 0.3 is 0 Å². The lowest BCUT2D eigenvalue weighted by Crippen LogP contribution is -2.45. The Labute approximate surface area is 113 Å². The fraction of sp³-hybridized carbons (Fsp3) is 0.733. The number of hydrogen-bond donors (Lipinski definition) is 1. The number of hydrogen-bond acceptors (Lipinski definition) is 2. The van der Waals surface area contributed by atoms with Crippen molar-refractivity contribution in [1.29, 1.82) is 0 Å². The summed E-state index contributed by atoms with van der Waals surface area (Å²) in [6, 6.07) is 0. The summed E-state index contributed by atoms with van der Waals surface area (Å²) in [5, 5.41) is 9.34. The van der Waals surface area contributed by atoms with E-state index >= 15 is 0 Å². The summed E-state index contributed by atoms with van der Waals surface area (Å²) in [5.41, 5.74) is 2.53. The normalized spacial score (nSPS) is 24.7. The third kappa shape index (κ3) is 3.80. The van der Waals surface area contributed by atoms with Crippen LogP contribution in [-0.4, -0.2) is 26.1 Å². The zero-order valence-corrected chi connectivity index (χ0v) is 13.5. The first-order valence-corrected chi connectivity index (χ1v) is 9.72.